The van der Waals surface area contributed by atoms with E-state index in [4.69, 9.17) is 15.3 Å². The number of carbonyl (C=O) groups excluding carboxylic acids is 1. The monoisotopic (exact) mass is 224 g/mol. The summed E-state index contributed by atoms with van der Waals surface area (Å²) in [5, 5.41) is 1.17. The van der Waals surface area contributed by atoms with Gasteiger partial charge in [-0.05, 0) is 12.1 Å². The van der Waals surface area contributed by atoms with E-state index in [0.717, 1.165) is 0 Å². The van der Waals surface area contributed by atoms with Gasteiger partial charge in [-0.25, -0.2) is 5.06 Å². The van der Waals surface area contributed by atoms with Gasteiger partial charge in [-0.15, -0.1) is 0 Å². The highest BCUT2D eigenvalue weighted by molar-refractivity contribution is 5.74. The predicted molar refractivity (Wildman–Crippen MR) is 60.7 cm³/mol. The van der Waals surface area contributed by atoms with Gasteiger partial charge < -0.3 is 10.5 Å². The van der Waals surface area contributed by atoms with Crippen molar-refractivity contribution in [2.45, 2.75) is 6.42 Å². The fraction of sp³-hybridized carbons (Fsp3) is 0.364. The summed E-state index contributed by atoms with van der Waals surface area (Å²) in [5.41, 5.74) is 6.22. The quantitative estimate of drug-likeness (QED) is 0.600. The zero-order valence-corrected chi connectivity index (χ0v) is 9.47. The van der Waals surface area contributed by atoms with Crippen molar-refractivity contribution in [1.29, 1.82) is 0 Å². The molecule has 0 aliphatic carbocycles. The molecule has 0 atom stereocenters. The molecule has 0 bridgehead atoms. The minimum atomic E-state index is -0.133. The SMILES string of the molecule is CON(C)C(=O)CCOc1cccc(N)c1. The maximum atomic E-state index is 11.3. The molecule has 5 heteroatoms. The van der Waals surface area contributed by atoms with E-state index in [0.29, 0.717) is 18.0 Å². The zero-order chi connectivity index (χ0) is 12.0. The molecular weight excluding hydrogens is 208 g/mol. The number of rotatable bonds is 5. The van der Waals surface area contributed by atoms with Gasteiger partial charge in [-0.1, -0.05) is 6.07 Å². The van der Waals surface area contributed by atoms with E-state index in [-0.39, 0.29) is 12.3 Å². The molecule has 1 aromatic carbocycles. The van der Waals surface area contributed by atoms with Crippen molar-refractivity contribution in [3.8, 4) is 5.75 Å². The molecule has 0 heterocycles. The second-order valence-corrected chi connectivity index (χ2v) is 3.24. The van der Waals surface area contributed by atoms with E-state index in [1.807, 2.05) is 0 Å². The summed E-state index contributed by atoms with van der Waals surface area (Å²) in [6, 6.07) is 7.08. The molecule has 0 saturated carbocycles. The first-order valence-corrected chi connectivity index (χ1v) is 4.92. The van der Waals surface area contributed by atoms with Crippen LogP contribution in [0.15, 0.2) is 24.3 Å². The van der Waals surface area contributed by atoms with Crippen LogP contribution in [0, 0.1) is 0 Å². The summed E-state index contributed by atoms with van der Waals surface area (Å²) in [6.07, 6.45) is 0.263. The predicted octanol–water partition coefficient (Wildman–Crippen LogP) is 1.06. The van der Waals surface area contributed by atoms with Gasteiger partial charge in [-0.3, -0.25) is 9.63 Å². The molecule has 0 spiro atoms. The van der Waals surface area contributed by atoms with Gasteiger partial charge in [-0.2, -0.15) is 0 Å². The first-order valence-electron chi connectivity index (χ1n) is 4.92. The van der Waals surface area contributed by atoms with Crippen LogP contribution in [-0.2, 0) is 9.63 Å². The van der Waals surface area contributed by atoms with Crippen LogP contribution in [0.25, 0.3) is 0 Å². The number of nitrogen functional groups attached to an aromatic ring is 1. The van der Waals surface area contributed by atoms with Gasteiger partial charge in [0.2, 0.25) is 5.91 Å². The average Bonchev–Trinajstić information content (AvgIpc) is 2.28. The lowest BCUT2D eigenvalue weighted by Crippen LogP contribution is -2.26. The number of carbonyl (C=O) groups is 1. The van der Waals surface area contributed by atoms with Crippen LogP contribution >= 0.6 is 0 Å². The number of nitrogens with zero attached hydrogens (tertiary/aromatic N) is 1. The lowest BCUT2D eigenvalue weighted by Gasteiger charge is -2.13. The number of hydrogen-bond donors (Lipinski definition) is 1. The summed E-state index contributed by atoms with van der Waals surface area (Å²) in [5.74, 6) is 0.527. The van der Waals surface area contributed by atoms with Gasteiger partial charge in [0.15, 0.2) is 0 Å². The lowest BCUT2D eigenvalue weighted by atomic mass is 10.3. The Labute approximate surface area is 94.7 Å². The Morgan fingerprint density at radius 3 is 2.88 bits per heavy atom. The van der Waals surface area contributed by atoms with Crippen molar-refractivity contribution in [2.75, 3.05) is 26.5 Å². The Morgan fingerprint density at radius 2 is 2.25 bits per heavy atom. The number of ether oxygens (including phenoxy) is 1. The molecule has 1 aromatic rings. The van der Waals surface area contributed by atoms with E-state index in [1.54, 1.807) is 31.3 Å². The molecule has 1 amide bonds. The van der Waals surface area contributed by atoms with Gasteiger partial charge in [0.1, 0.15) is 5.75 Å². The van der Waals surface area contributed by atoms with Crippen LogP contribution in [0.5, 0.6) is 5.75 Å². The third-order valence-corrected chi connectivity index (χ3v) is 2.07. The standard InChI is InChI=1S/C11H16N2O3/c1-13(15-2)11(14)6-7-16-10-5-3-4-9(12)8-10/h3-5,8H,6-7,12H2,1-2H3. The van der Waals surface area contributed by atoms with Crippen LogP contribution in [0.3, 0.4) is 0 Å². The van der Waals surface area contributed by atoms with Crippen LogP contribution in [0.1, 0.15) is 6.42 Å². The van der Waals surface area contributed by atoms with E-state index < -0.39 is 0 Å². The summed E-state index contributed by atoms with van der Waals surface area (Å²) in [4.78, 5) is 16.1. The van der Waals surface area contributed by atoms with Gasteiger partial charge in [0.05, 0.1) is 20.1 Å². The normalized spacial score (nSPS) is 9.88. The summed E-state index contributed by atoms with van der Waals surface area (Å²) < 4.78 is 5.37. The highest BCUT2D eigenvalue weighted by Gasteiger charge is 2.07. The van der Waals surface area contributed by atoms with Gasteiger partial charge in [0.25, 0.3) is 0 Å². The molecule has 16 heavy (non-hydrogen) atoms. The van der Waals surface area contributed by atoms with Crippen molar-refractivity contribution < 1.29 is 14.4 Å². The highest BCUT2D eigenvalue weighted by atomic mass is 16.7. The Morgan fingerprint density at radius 1 is 1.50 bits per heavy atom. The summed E-state index contributed by atoms with van der Waals surface area (Å²) >= 11 is 0. The minimum Gasteiger partial charge on any atom is -0.493 e. The molecule has 0 unspecified atom stereocenters. The average molecular weight is 224 g/mol. The first kappa shape index (κ1) is 12.3. The maximum absolute atomic E-state index is 11.3. The molecule has 0 saturated heterocycles. The summed E-state index contributed by atoms with van der Waals surface area (Å²) in [6.45, 7) is 0.302. The molecule has 0 aliphatic rings. The first-order chi connectivity index (χ1) is 7.63. The van der Waals surface area contributed by atoms with Crippen molar-refractivity contribution in [1.82, 2.24) is 5.06 Å². The zero-order valence-electron chi connectivity index (χ0n) is 9.47. The molecular formula is C11H16N2O3. The van der Waals surface area contributed by atoms with Crippen molar-refractivity contribution >= 4 is 11.6 Å². The second-order valence-electron chi connectivity index (χ2n) is 3.24. The number of anilines is 1. The number of benzene rings is 1. The van der Waals surface area contributed by atoms with Crippen LogP contribution in [-0.4, -0.2) is 31.7 Å². The lowest BCUT2D eigenvalue weighted by molar-refractivity contribution is -0.169. The molecule has 5 nitrogen and oxygen atoms in total. The van der Waals surface area contributed by atoms with Crippen LogP contribution in [0.2, 0.25) is 0 Å². The third-order valence-electron chi connectivity index (χ3n) is 2.07. The fourth-order valence-electron chi connectivity index (χ4n) is 1.12. The number of hydroxylamine groups is 2. The maximum Gasteiger partial charge on any atom is 0.249 e. The third kappa shape index (κ3) is 3.78. The number of hydrogen-bond acceptors (Lipinski definition) is 4. The molecule has 1 rings (SSSR count). The van der Waals surface area contributed by atoms with Crippen LogP contribution < -0.4 is 10.5 Å². The number of nitrogens with two attached hydrogens (primary N) is 1. The highest BCUT2D eigenvalue weighted by Crippen LogP contribution is 2.14. The smallest absolute Gasteiger partial charge is 0.249 e. The van der Waals surface area contributed by atoms with E-state index in [1.165, 1.54) is 12.2 Å². The molecule has 88 valence electrons. The summed E-state index contributed by atoms with van der Waals surface area (Å²) in [7, 11) is 3.00. The van der Waals surface area contributed by atoms with E-state index >= 15 is 0 Å². The Kier molecular flexibility index (Phi) is 4.60. The Bertz CT molecular complexity index is 355. The molecule has 2 N–H and O–H groups in total. The van der Waals surface area contributed by atoms with Crippen LogP contribution in [0.4, 0.5) is 5.69 Å². The topological polar surface area (TPSA) is 64.8 Å². The fourth-order valence-corrected chi connectivity index (χ4v) is 1.12. The van der Waals surface area contributed by atoms with E-state index in [9.17, 15) is 4.79 Å². The Balaban J connectivity index is 2.33. The van der Waals surface area contributed by atoms with Crippen molar-refractivity contribution in [3.63, 3.8) is 0 Å². The van der Waals surface area contributed by atoms with Crippen molar-refractivity contribution in [3.05, 3.63) is 24.3 Å². The molecule has 0 radical (unpaired) electrons. The Hall–Kier alpha value is -1.75. The minimum absolute atomic E-state index is 0.133. The van der Waals surface area contributed by atoms with Gasteiger partial charge in [0, 0.05) is 18.8 Å². The molecule has 0 aromatic heterocycles. The van der Waals surface area contributed by atoms with Gasteiger partial charge >= 0.3 is 0 Å². The van der Waals surface area contributed by atoms with E-state index in [2.05, 4.69) is 0 Å². The molecule has 0 fully saturated rings. The molecule has 0 aliphatic heterocycles. The second kappa shape index (κ2) is 5.97. The van der Waals surface area contributed by atoms with Crippen molar-refractivity contribution in [2.24, 2.45) is 0 Å². The largest absolute Gasteiger partial charge is 0.493 e. The number of amides is 1.